The van der Waals surface area contributed by atoms with Crippen molar-refractivity contribution in [3.63, 3.8) is 0 Å². The van der Waals surface area contributed by atoms with E-state index in [4.69, 9.17) is 4.74 Å². The first-order chi connectivity index (χ1) is 16.0. The summed E-state index contributed by atoms with van der Waals surface area (Å²) in [6, 6.07) is 15.8. The quantitative estimate of drug-likeness (QED) is 0.682. The van der Waals surface area contributed by atoms with Gasteiger partial charge >= 0.3 is 18.1 Å². The average Bonchev–Trinajstić information content (AvgIpc) is 3.43. The Kier molecular flexibility index (Phi) is 6.63. The maximum atomic E-state index is 13.3. The summed E-state index contributed by atoms with van der Waals surface area (Å²) >= 11 is 0. The Balaban J connectivity index is 1.42. The first-order valence-corrected chi connectivity index (χ1v) is 10.9. The van der Waals surface area contributed by atoms with Crippen LogP contribution in [0.3, 0.4) is 0 Å². The van der Waals surface area contributed by atoms with Crippen LogP contribution < -0.4 is 0 Å². The number of fused-ring (bicyclic) bond motifs is 1. The minimum absolute atomic E-state index is 0.0325. The van der Waals surface area contributed by atoms with Gasteiger partial charge in [0.25, 0.3) is 0 Å². The number of carboxylic acid groups (broad SMARTS) is 1. The van der Waals surface area contributed by atoms with Crippen LogP contribution in [0, 0.1) is 0 Å². The Hall–Kier alpha value is -3.81. The molecule has 8 heteroatoms. The van der Waals surface area contributed by atoms with Crippen molar-refractivity contribution < 1.29 is 24.2 Å². The summed E-state index contributed by atoms with van der Waals surface area (Å²) in [4.78, 5) is 42.3. The van der Waals surface area contributed by atoms with Gasteiger partial charge in [-0.1, -0.05) is 60.7 Å². The topological polar surface area (TPSA) is 90.4 Å². The lowest BCUT2D eigenvalue weighted by molar-refractivity contribution is -0.141. The van der Waals surface area contributed by atoms with Crippen molar-refractivity contribution in [1.82, 2.24) is 14.7 Å². The standard InChI is InChI=1S/C25H27N3O5/c1-2-12-26(14-18-8-4-3-5-9-18)24(31)28-17-21(13-22(28)23(29)30)33-25(32)27-15-19-10-6-7-11-20(19)16-27/h2-11,21-22H,1,12-17H2,(H,29,30)/t21-,22?/m1/s1. The number of carboxylic acids is 1. The summed E-state index contributed by atoms with van der Waals surface area (Å²) in [5.74, 6) is -1.12. The van der Waals surface area contributed by atoms with Crippen molar-refractivity contribution >= 4 is 18.1 Å². The molecule has 0 radical (unpaired) electrons. The van der Waals surface area contributed by atoms with E-state index in [1.165, 1.54) is 4.90 Å². The van der Waals surface area contributed by atoms with E-state index in [0.29, 0.717) is 19.6 Å². The lowest BCUT2D eigenvalue weighted by Crippen LogP contribution is -2.48. The summed E-state index contributed by atoms with van der Waals surface area (Å²) < 4.78 is 5.64. The van der Waals surface area contributed by atoms with Crippen molar-refractivity contribution in [2.45, 2.75) is 38.2 Å². The second-order valence-electron chi connectivity index (χ2n) is 8.31. The molecule has 33 heavy (non-hydrogen) atoms. The molecule has 1 unspecified atom stereocenters. The third-order valence-electron chi connectivity index (χ3n) is 6.00. The maximum Gasteiger partial charge on any atom is 0.410 e. The molecule has 0 bridgehead atoms. The lowest BCUT2D eigenvalue weighted by atomic mass is 10.1. The molecule has 1 fully saturated rings. The van der Waals surface area contributed by atoms with E-state index in [1.54, 1.807) is 15.9 Å². The number of hydrogen-bond donors (Lipinski definition) is 1. The van der Waals surface area contributed by atoms with Gasteiger partial charge in [-0.2, -0.15) is 0 Å². The van der Waals surface area contributed by atoms with Gasteiger partial charge in [0.15, 0.2) is 0 Å². The average molecular weight is 450 g/mol. The number of amides is 3. The zero-order chi connectivity index (χ0) is 23.4. The van der Waals surface area contributed by atoms with Crippen molar-refractivity contribution in [2.75, 3.05) is 13.1 Å². The smallest absolute Gasteiger partial charge is 0.410 e. The van der Waals surface area contributed by atoms with Gasteiger partial charge in [-0.05, 0) is 16.7 Å². The Morgan fingerprint density at radius 2 is 1.70 bits per heavy atom. The van der Waals surface area contributed by atoms with Crippen molar-refractivity contribution in [1.29, 1.82) is 0 Å². The second kappa shape index (κ2) is 9.77. The van der Waals surface area contributed by atoms with Crippen LogP contribution >= 0.6 is 0 Å². The lowest BCUT2D eigenvalue weighted by Gasteiger charge is -2.29. The number of carbonyl (C=O) groups is 3. The van der Waals surface area contributed by atoms with E-state index in [0.717, 1.165) is 16.7 Å². The third kappa shape index (κ3) is 5.00. The Morgan fingerprint density at radius 1 is 1.06 bits per heavy atom. The minimum atomic E-state index is -1.12. The fraction of sp³-hybridized carbons (Fsp3) is 0.320. The fourth-order valence-electron chi connectivity index (χ4n) is 4.36. The van der Waals surface area contributed by atoms with Gasteiger partial charge in [0.1, 0.15) is 12.1 Å². The van der Waals surface area contributed by atoms with Gasteiger partial charge in [-0.25, -0.2) is 14.4 Å². The predicted molar refractivity (Wildman–Crippen MR) is 121 cm³/mol. The number of likely N-dealkylation sites (tertiary alicyclic amines) is 1. The van der Waals surface area contributed by atoms with Crippen LogP contribution in [0.4, 0.5) is 9.59 Å². The molecule has 172 valence electrons. The van der Waals surface area contributed by atoms with Gasteiger partial charge in [0.2, 0.25) is 0 Å². The van der Waals surface area contributed by atoms with Gasteiger partial charge in [0, 0.05) is 32.6 Å². The third-order valence-corrected chi connectivity index (χ3v) is 6.00. The number of hydrogen-bond acceptors (Lipinski definition) is 4. The predicted octanol–water partition coefficient (Wildman–Crippen LogP) is 3.47. The normalized spacial score (nSPS) is 19.2. The van der Waals surface area contributed by atoms with Gasteiger partial charge in [0.05, 0.1) is 6.54 Å². The van der Waals surface area contributed by atoms with Crippen LogP contribution in [-0.4, -0.2) is 63.1 Å². The zero-order valence-electron chi connectivity index (χ0n) is 18.3. The zero-order valence-corrected chi connectivity index (χ0v) is 18.3. The summed E-state index contributed by atoms with van der Waals surface area (Å²) in [5, 5.41) is 9.73. The molecule has 0 saturated carbocycles. The first kappa shape index (κ1) is 22.4. The summed E-state index contributed by atoms with van der Waals surface area (Å²) in [6.07, 6.45) is 0.478. The molecule has 2 aliphatic heterocycles. The van der Waals surface area contributed by atoms with Crippen LogP contribution in [0.15, 0.2) is 67.3 Å². The van der Waals surface area contributed by atoms with Crippen molar-refractivity contribution in [3.8, 4) is 0 Å². The van der Waals surface area contributed by atoms with Crippen LogP contribution in [0.1, 0.15) is 23.1 Å². The molecule has 2 aromatic rings. The highest BCUT2D eigenvalue weighted by molar-refractivity contribution is 5.84. The molecule has 2 atom stereocenters. The molecule has 2 heterocycles. The second-order valence-corrected chi connectivity index (χ2v) is 8.31. The molecule has 3 amide bonds. The van der Waals surface area contributed by atoms with E-state index in [9.17, 15) is 19.5 Å². The summed E-state index contributed by atoms with van der Waals surface area (Å²) in [7, 11) is 0. The molecule has 4 rings (SSSR count). The van der Waals surface area contributed by atoms with E-state index in [-0.39, 0.29) is 19.5 Å². The molecular formula is C25H27N3O5. The van der Waals surface area contributed by atoms with Gasteiger partial charge in [-0.3, -0.25) is 4.90 Å². The Labute approximate surface area is 192 Å². The Morgan fingerprint density at radius 3 is 2.30 bits per heavy atom. The van der Waals surface area contributed by atoms with Crippen molar-refractivity contribution in [3.05, 3.63) is 83.9 Å². The first-order valence-electron chi connectivity index (χ1n) is 10.9. The molecule has 2 aliphatic rings. The number of rotatable bonds is 6. The largest absolute Gasteiger partial charge is 0.480 e. The number of aliphatic carboxylic acids is 1. The van der Waals surface area contributed by atoms with Crippen LogP contribution in [0.25, 0.3) is 0 Å². The SMILES string of the molecule is C=CCN(Cc1ccccc1)C(=O)N1C[C@H](OC(=O)N2Cc3ccccc3C2)CC1C(=O)O. The number of ether oxygens (including phenoxy) is 1. The van der Waals surface area contributed by atoms with Crippen molar-refractivity contribution in [2.24, 2.45) is 0 Å². The summed E-state index contributed by atoms with van der Waals surface area (Å²) in [6.45, 7) is 5.26. The minimum Gasteiger partial charge on any atom is -0.480 e. The van der Waals surface area contributed by atoms with Crippen LogP contribution in [-0.2, 0) is 29.2 Å². The number of carbonyl (C=O) groups excluding carboxylic acids is 2. The van der Waals surface area contributed by atoms with Gasteiger partial charge in [-0.15, -0.1) is 6.58 Å². The molecule has 0 aromatic heterocycles. The maximum absolute atomic E-state index is 13.3. The van der Waals surface area contributed by atoms with E-state index in [1.807, 2.05) is 54.6 Å². The van der Waals surface area contributed by atoms with Crippen LogP contribution in [0.5, 0.6) is 0 Å². The summed E-state index contributed by atoms with van der Waals surface area (Å²) in [5.41, 5.74) is 3.07. The van der Waals surface area contributed by atoms with E-state index < -0.39 is 30.2 Å². The number of nitrogens with zero attached hydrogens (tertiary/aromatic N) is 3. The van der Waals surface area contributed by atoms with Gasteiger partial charge < -0.3 is 19.6 Å². The highest BCUT2D eigenvalue weighted by atomic mass is 16.6. The Bertz CT molecular complexity index is 1020. The van der Waals surface area contributed by atoms with E-state index in [2.05, 4.69) is 6.58 Å². The molecule has 1 saturated heterocycles. The highest BCUT2D eigenvalue weighted by Gasteiger charge is 2.43. The van der Waals surface area contributed by atoms with Crippen LogP contribution in [0.2, 0.25) is 0 Å². The molecule has 1 N–H and O–H groups in total. The molecule has 2 aromatic carbocycles. The van der Waals surface area contributed by atoms with E-state index >= 15 is 0 Å². The molecule has 8 nitrogen and oxygen atoms in total. The highest BCUT2D eigenvalue weighted by Crippen LogP contribution is 2.27. The molecular weight excluding hydrogens is 422 g/mol. The number of benzene rings is 2. The monoisotopic (exact) mass is 449 g/mol. The number of urea groups is 1. The fourth-order valence-corrected chi connectivity index (χ4v) is 4.36. The molecule has 0 aliphatic carbocycles. The molecule has 0 spiro atoms.